The van der Waals surface area contributed by atoms with E-state index in [9.17, 15) is 17.6 Å². The Morgan fingerprint density at radius 3 is 2.50 bits per heavy atom. The smallest absolute Gasteiger partial charge is 0.335 e. The van der Waals surface area contributed by atoms with Crippen LogP contribution in [0.1, 0.15) is 21.5 Å². The zero-order valence-corrected chi connectivity index (χ0v) is 9.77. The lowest BCUT2D eigenvalue weighted by Crippen LogP contribution is -2.05. The van der Waals surface area contributed by atoms with Crippen molar-refractivity contribution in [1.82, 2.24) is 0 Å². The molecule has 1 N–H and O–H groups in total. The molecule has 0 radical (unpaired) electrons. The first-order valence-electron chi connectivity index (χ1n) is 4.15. The number of carboxylic acids is 1. The Labute approximate surface area is 96.1 Å². The standard InChI is InChI=1S/C9H8ClFO4S/c1-5-2-8(11)6(4-16(10,14)15)3-7(5)9(12)13/h2-3H,4H2,1H3,(H,12,13). The van der Waals surface area contributed by atoms with E-state index in [1.807, 2.05) is 0 Å². The lowest BCUT2D eigenvalue weighted by atomic mass is 10.1. The second-order valence-electron chi connectivity index (χ2n) is 3.25. The van der Waals surface area contributed by atoms with Crippen molar-refractivity contribution in [1.29, 1.82) is 0 Å². The van der Waals surface area contributed by atoms with Crippen LogP contribution in [0.3, 0.4) is 0 Å². The lowest BCUT2D eigenvalue weighted by molar-refractivity contribution is 0.0696. The number of hydrogen-bond donors (Lipinski definition) is 1. The van der Waals surface area contributed by atoms with Crippen LogP contribution >= 0.6 is 10.7 Å². The fraction of sp³-hybridized carbons (Fsp3) is 0.222. The molecule has 7 heteroatoms. The number of carboxylic acid groups (broad SMARTS) is 1. The molecule has 0 aliphatic rings. The van der Waals surface area contributed by atoms with Gasteiger partial charge in [-0.2, -0.15) is 0 Å². The molecule has 1 aromatic rings. The Balaban J connectivity index is 3.31. The predicted molar refractivity (Wildman–Crippen MR) is 56.6 cm³/mol. The highest BCUT2D eigenvalue weighted by Crippen LogP contribution is 2.19. The lowest BCUT2D eigenvalue weighted by Gasteiger charge is -2.05. The number of hydrogen-bond acceptors (Lipinski definition) is 3. The van der Waals surface area contributed by atoms with Gasteiger partial charge in [-0.05, 0) is 24.6 Å². The monoisotopic (exact) mass is 266 g/mol. The zero-order chi connectivity index (χ0) is 12.5. The molecule has 16 heavy (non-hydrogen) atoms. The van der Waals surface area contributed by atoms with Crippen LogP contribution in [0, 0.1) is 12.7 Å². The van der Waals surface area contributed by atoms with Crippen molar-refractivity contribution in [2.24, 2.45) is 0 Å². The van der Waals surface area contributed by atoms with Gasteiger partial charge in [0, 0.05) is 16.2 Å². The predicted octanol–water partition coefficient (Wildman–Crippen LogP) is 1.90. The van der Waals surface area contributed by atoms with Gasteiger partial charge in [-0.25, -0.2) is 17.6 Å². The number of benzene rings is 1. The van der Waals surface area contributed by atoms with Crippen LogP contribution in [0.5, 0.6) is 0 Å². The van der Waals surface area contributed by atoms with Gasteiger partial charge in [0.2, 0.25) is 9.05 Å². The molecule has 0 amide bonds. The van der Waals surface area contributed by atoms with Crippen LogP contribution in [0.2, 0.25) is 0 Å². The summed E-state index contributed by atoms with van der Waals surface area (Å²) in [5.74, 6) is -2.77. The largest absolute Gasteiger partial charge is 0.478 e. The third-order valence-corrected chi connectivity index (χ3v) is 2.93. The second-order valence-corrected chi connectivity index (χ2v) is 6.02. The van der Waals surface area contributed by atoms with Crippen molar-refractivity contribution in [3.8, 4) is 0 Å². The van der Waals surface area contributed by atoms with Gasteiger partial charge >= 0.3 is 5.97 Å². The fourth-order valence-corrected chi connectivity index (χ4v) is 2.19. The number of aromatic carboxylic acids is 1. The minimum atomic E-state index is -3.92. The summed E-state index contributed by atoms with van der Waals surface area (Å²) in [6.07, 6.45) is 0. The number of carbonyl (C=O) groups is 1. The van der Waals surface area contributed by atoms with Crippen LogP contribution < -0.4 is 0 Å². The van der Waals surface area contributed by atoms with Crippen molar-refractivity contribution < 1.29 is 22.7 Å². The van der Waals surface area contributed by atoms with Crippen molar-refractivity contribution in [3.05, 3.63) is 34.6 Å². The maximum atomic E-state index is 13.3. The Morgan fingerprint density at radius 2 is 2.06 bits per heavy atom. The topological polar surface area (TPSA) is 71.4 Å². The first kappa shape index (κ1) is 12.9. The summed E-state index contributed by atoms with van der Waals surface area (Å²) < 4.78 is 34.8. The Morgan fingerprint density at radius 1 is 1.50 bits per heavy atom. The first-order valence-corrected chi connectivity index (χ1v) is 6.63. The van der Waals surface area contributed by atoms with Crippen LogP contribution in [-0.2, 0) is 14.8 Å². The maximum absolute atomic E-state index is 13.3. The van der Waals surface area contributed by atoms with E-state index in [0.717, 1.165) is 12.1 Å². The van der Waals surface area contributed by atoms with Gasteiger partial charge in [-0.1, -0.05) is 0 Å². The second kappa shape index (κ2) is 4.39. The summed E-state index contributed by atoms with van der Waals surface area (Å²) in [5, 5.41) is 8.77. The van der Waals surface area contributed by atoms with E-state index in [0.29, 0.717) is 0 Å². The van der Waals surface area contributed by atoms with Crippen LogP contribution in [0.25, 0.3) is 0 Å². The molecule has 0 aliphatic carbocycles. The summed E-state index contributed by atoms with van der Waals surface area (Å²) in [6.45, 7) is 1.42. The highest BCUT2D eigenvalue weighted by molar-refractivity contribution is 8.13. The maximum Gasteiger partial charge on any atom is 0.335 e. The molecule has 4 nitrogen and oxygen atoms in total. The highest BCUT2D eigenvalue weighted by atomic mass is 35.7. The molecule has 0 saturated heterocycles. The average molecular weight is 267 g/mol. The fourth-order valence-electron chi connectivity index (χ4n) is 1.24. The van der Waals surface area contributed by atoms with Crippen LogP contribution in [0.15, 0.2) is 12.1 Å². The van der Waals surface area contributed by atoms with E-state index in [-0.39, 0.29) is 16.7 Å². The van der Waals surface area contributed by atoms with Gasteiger partial charge in [0.15, 0.2) is 0 Å². The van der Waals surface area contributed by atoms with E-state index >= 15 is 0 Å². The average Bonchev–Trinajstić information content (AvgIpc) is 2.07. The molecule has 0 bridgehead atoms. The quantitative estimate of drug-likeness (QED) is 0.848. The molecule has 0 saturated carbocycles. The Kier molecular flexibility index (Phi) is 3.54. The minimum absolute atomic E-state index is 0.142. The van der Waals surface area contributed by atoms with E-state index in [1.165, 1.54) is 6.92 Å². The van der Waals surface area contributed by atoms with Gasteiger partial charge in [0.1, 0.15) is 5.82 Å². The molecule has 0 unspecified atom stereocenters. The molecule has 0 aliphatic heterocycles. The van der Waals surface area contributed by atoms with E-state index in [2.05, 4.69) is 0 Å². The first-order chi connectivity index (χ1) is 7.20. The molecule has 0 aromatic heterocycles. The van der Waals surface area contributed by atoms with Gasteiger partial charge in [-0.3, -0.25) is 0 Å². The van der Waals surface area contributed by atoms with Gasteiger partial charge in [-0.15, -0.1) is 0 Å². The Hall–Kier alpha value is -1.14. The molecular weight excluding hydrogens is 259 g/mol. The molecule has 0 spiro atoms. The van der Waals surface area contributed by atoms with Gasteiger partial charge in [0.25, 0.3) is 0 Å². The van der Waals surface area contributed by atoms with Crippen LogP contribution in [0.4, 0.5) is 4.39 Å². The van der Waals surface area contributed by atoms with Crippen LogP contribution in [-0.4, -0.2) is 19.5 Å². The van der Waals surface area contributed by atoms with Gasteiger partial charge < -0.3 is 5.11 Å². The van der Waals surface area contributed by atoms with Crippen molar-refractivity contribution >= 4 is 25.7 Å². The van der Waals surface area contributed by atoms with Crippen molar-refractivity contribution in [2.75, 3.05) is 0 Å². The molecule has 1 rings (SSSR count). The third-order valence-electron chi connectivity index (χ3n) is 1.95. The summed E-state index contributed by atoms with van der Waals surface area (Å²) in [5.41, 5.74) is -0.171. The molecule has 1 aromatic carbocycles. The molecule has 0 heterocycles. The zero-order valence-electron chi connectivity index (χ0n) is 8.20. The molecule has 0 fully saturated rings. The minimum Gasteiger partial charge on any atom is -0.478 e. The van der Waals surface area contributed by atoms with Gasteiger partial charge in [0.05, 0.1) is 11.3 Å². The third kappa shape index (κ3) is 3.18. The molecular formula is C9H8ClFO4S. The normalized spacial score (nSPS) is 11.4. The summed E-state index contributed by atoms with van der Waals surface area (Å²) in [4.78, 5) is 10.7. The number of aryl methyl sites for hydroxylation is 1. The molecule has 88 valence electrons. The Bertz CT molecular complexity index is 539. The number of rotatable bonds is 3. The van der Waals surface area contributed by atoms with E-state index in [4.69, 9.17) is 15.8 Å². The summed E-state index contributed by atoms with van der Waals surface area (Å²) in [6, 6.07) is 1.95. The van der Waals surface area contributed by atoms with E-state index < -0.39 is 26.6 Å². The highest BCUT2D eigenvalue weighted by Gasteiger charge is 2.16. The van der Waals surface area contributed by atoms with Crippen molar-refractivity contribution in [2.45, 2.75) is 12.7 Å². The SMILES string of the molecule is Cc1cc(F)c(CS(=O)(=O)Cl)cc1C(=O)O. The molecule has 0 atom stereocenters. The summed E-state index contributed by atoms with van der Waals surface area (Å²) >= 11 is 0. The number of halogens is 2. The summed E-state index contributed by atoms with van der Waals surface area (Å²) in [7, 11) is 1.05. The van der Waals surface area contributed by atoms with Crippen molar-refractivity contribution in [3.63, 3.8) is 0 Å². The van der Waals surface area contributed by atoms with E-state index in [1.54, 1.807) is 0 Å².